The molecule has 0 aromatic rings. The van der Waals surface area contributed by atoms with Crippen LogP contribution in [0, 0.1) is 201 Å². The number of hydrogen-bond donors (Lipinski definition) is 0. The summed E-state index contributed by atoms with van der Waals surface area (Å²) in [7, 11) is 0. The molecule has 32 unspecified atom stereocenters. The van der Waals surface area contributed by atoms with Crippen molar-refractivity contribution >= 4 is 0 Å². The van der Waals surface area contributed by atoms with E-state index in [2.05, 4.69) is 0 Å². The van der Waals surface area contributed by atoms with E-state index in [1.807, 2.05) is 0 Å². The molecule has 0 spiro atoms. The number of rotatable bonds is 0. The van der Waals surface area contributed by atoms with Crippen LogP contribution in [0.5, 0.6) is 0 Å². The summed E-state index contributed by atoms with van der Waals surface area (Å²) in [4.78, 5) is 0. The van der Waals surface area contributed by atoms with Gasteiger partial charge in [0.15, 0.2) is 0 Å². The van der Waals surface area contributed by atoms with Gasteiger partial charge in [-0.1, -0.05) is 0 Å². The standard InChI is InChI=1S/C38H42/c1-2-6-5(1)9-10(6)14-13(9)17-18(14)22-21(17)25-26(22)30-29(25)33-34(30)38-36-32-28-24-20-16-12-8-4-3-7(8)11(12)15(16)19(20)23(24)27(28)31(32)35(36)37(33)38/h5-38H,1-4H2. The predicted molar refractivity (Wildman–Crippen MR) is 137 cm³/mol. The van der Waals surface area contributed by atoms with Crippen LogP contribution in [-0.2, 0) is 0 Å². The SMILES string of the molecule is C1CC2C1C1C2C2C1C1C2C2C1C1C2C2C1C1C2C2C3C4C5C6C7C8C9C%10CCC%10C9C8C7C6C5C4C3C12. The molecule has 18 fully saturated rings. The Morgan fingerprint density at radius 2 is 0.237 bits per heavy atom. The second kappa shape index (κ2) is 4.27. The van der Waals surface area contributed by atoms with E-state index in [1.165, 1.54) is 201 Å². The van der Waals surface area contributed by atoms with Gasteiger partial charge in [0.1, 0.15) is 0 Å². The lowest BCUT2D eigenvalue weighted by molar-refractivity contribution is -0.540. The third-order valence-corrected chi connectivity index (χ3v) is 23.9. The zero-order valence-electron chi connectivity index (χ0n) is 22.5. The van der Waals surface area contributed by atoms with Crippen molar-refractivity contribution in [2.45, 2.75) is 25.7 Å². The largest absolute Gasteiger partial charge is 0.0496 e. The molecule has 38 heavy (non-hydrogen) atoms. The van der Waals surface area contributed by atoms with E-state index in [-0.39, 0.29) is 0 Å². The van der Waals surface area contributed by atoms with Gasteiger partial charge >= 0.3 is 0 Å². The Balaban J connectivity index is 0.646. The Morgan fingerprint density at radius 1 is 0.132 bits per heavy atom. The molecule has 0 bridgehead atoms. The fourth-order valence-electron chi connectivity index (χ4n) is 24.0. The first-order valence-corrected chi connectivity index (χ1v) is 19.0. The van der Waals surface area contributed by atoms with Crippen molar-refractivity contribution < 1.29 is 0 Å². The minimum atomic E-state index is 1.27. The van der Waals surface area contributed by atoms with Crippen molar-refractivity contribution in [2.24, 2.45) is 201 Å². The normalized spacial score (nSPS) is 99.2. The number of hydrogen-bond acceptors (Lipinski definition) is 0. The highest BCUT2D eigenvalue weighted by molar-refractivity contribution is 5.44. The lowest BCUT2D eigenvalue weighted by atomic mass is 9.04. The highest BCUT2D eigenvalue weighted by atomic mass is 15.0. The Labute approximate surface area is 226 Å². The lowest BCUT2D eigenvalue weighted by Gasteiger charge is -3.00. The minimum absolute atomic E-state index is 1.27. The maximum atomic E-state index is 1.66. The molecule has 0 radical (unpaired) electrons. The summed E-state index contributed by atoms with van der Waals surface area (Å²) in [5, 5.41) is 0. The molecular formula is C38H42. The Morgan fingerprint density at radius 3 is 0.342 bits per heavy atom. The van der Waals surface area contributed by atoms with Crippen LogP contribution in [0.3, 0.4) is 0 Å². The second-order valence-corrected chi connectivity index (χ2v) is 21.1. The molecule has 194 valence electrons. The first-order chi connectivity index (χ1) is 19.0. The monoisotopic (exact) mass is 498 g/mol. The lowest BCUT2D eigenvalue weighted by Crippen LogP contribution is -2.97. The fraction of sp³-hybridized carbons (Fsp3) is 1.00. The van der Waals surface area contributed by atoms with E-state index >= 15 is 0 Å². The van der Waals surface area contributed by atoms with Gasteiger partial charge in [-0.05, 0) is 227 Å². The maximum Gasteiger partial charge on any atom is -0.0312 e. The summed E-state index contributed by atoms with van der Waals surface area (Å²) in [5.74, 6) is 44.7. The van der Waals surface area contributed by atoms with Crippen molar-refractivity contribution in [3.05, 3.63) is 0 Å². The van der Waals surface area contributed by atoms with Crippen LogP contribution in [0.2, 0.25) is 0 Å². The predicted octanol–water partition coefficient (Wildman–Crippen LogP) is 5.74. The molecular weight excluding hydrogens is 456 g/mol. The van der Waals surface area contributed by atoms with E-state index in [1.54, 1.807) is 25.7 Å². The molecule has 0 aliphatic heterocycles. The van der Waals surface area contributed by atoms with Gasteiger partial charge in [-0.3, -0.25) is 0 Å². The summed E-state index contributed by atoms with van der Waals surface area (Å²) >= 11 is 0. The Hall–Kier alpha value is 0. The van der Waals surface area contributed by atoms with Gasteiger partial charge < -0.3 is 0 Å². The second-order valence-electron chi connectivity index (χ2n) is 21.1. The van der Waals surface area contributed by atoms with Crippen LogP contribution in [0.15, 0.2) is 0 Å². The van der Waals surface area contributed by atoms with Gasteiger partial charge in [-0.25, -0.2) is 0 Å². The number of fused-ring (bicyclic) bond motifs is 49. The quantitative estimate of drug-likeness (QED) is 0.374. The topological polar surface area (TPSA) is 0 Å². The van der Waals surface area contributed by atoms with Crippen LogP contribution in [0.4, 0.5) is 0 Å². The first-order valence-electron chi connectivity index (χ1n) is 19.0. The molecule has 0 amide bonds. The van der Waals surface area contributed by atoms with Crippen molar-refractivity contribution in [3.63, 3.8) is 0 Å². The van der Waals surface area contributed by atoms with Crippen LogP contribution in [0.1, 0.15) is 25.7 Å². The van der Waals surface area contributed by atoms with E-state index in [0.29, 0.717) is 0 Å². The van der Waals surface area contributed by atoms with Gasteiger partial charge in [0.2, 0.25) is 0 Å². The van der Waals surface area contributed by atoms with E-state index in [0.717, 1.165) is 0 Å². The summed E-state index contributed by atoms with van der Waals surface area (Å²) in [5.41, 5.74) is 0. The van der Waals surface area contributed by atoms with E-state index in [4.69, 9.17) is 0 Å². The summed E-state index contributed by atoms with van der Waals surface area (Å²) in [6.07, 6.45) is 6.62. The smallest absolute Gasteiger partial charge is 0.0312 e. The maximum absolute atomic E-state index is 1.66. The molecule has 0 heteroatoms. The van der Waals surface area contributed by atoms with Gasteiger partial charge in [-0.2, -0.15) is 0 Å². The molecule has 0 heterocycles. The molecule has 18 aliphatic carbocycles. The summed E-state index contributed by atoms with van der Waals surface area (Å²) in [6.45, 7) is 0. The van der Waals surface area contributed by atoms with Gasteiger partial charge in [0.05, 0.1) is 0 Å². The molecule has 0 aromatic carbocycles. The molecule has 18 rings (SSSR count). The van der Waals surface area contributed by atoms with Crippen LogP contribution >= 0.6 is 0 Å². The van der Waals surface area contributed by atoms with Crippen molar-refractivity contribution in [1.82, 2.24) is 0 Å². The average Bonchev–Trinajstić information content (AvgIpc) is 2.83. The van der Waals surface area contributed by atoms with Crippen molar-refractivity contribution in [1.29, 1.82) is 0 Å². The van der Waals surface area contributed by atoms with Crippen molar-refractivity contribution in [3.8, 4) is 0 Å². The molecule has 0 N–H and O–H groups in total. The van der Waals surface area contributed by atoms with Crippen molar-refractivity contribution in [2.75, 3.05) is 0 Å². The van der Waals surface area contributed by atoms with E-state index in [9.17, 15) is 0 Å². The van der Waals surface area contributed by atoms with Crippen LogP contribution < -0.4 is 0 Å². The van der Waals surface area contributed by atoms with Gasteiger partial charge in [0, 0.05) is 0 Å². The third-order valence-electron chi connectivity index (χ3n) is 23.9. The average molecular weight is 499 g/mol. The zero-order chi connectivity index (χ0) is 22.5. The molecule has 18 aliphatic rings. The molecule has 0 aromatic heterocycles. The Bertz CT molecular complexity index is 1220. The Kier molecular flexibility index (Phi) is 1.93. The molecule has 32 atom stereocenters. The van der Waals surface area contributed by atoms with E-state index < -0.39 is 0 Å². The highest BCUT2D eigenvalue weighted by Crippen LogP contribution is 3.01. The first kappa shape index (κ1) is 17.2. The molecule has 0 saturated heterocycles. The van der Waals surface area contributed by atoms with Gasteiger partial charge in [-0.15, -0.1) is 0 Å². The minimum Gasteiger partial charge on any atom is -0.0496 e. The summed E-state index contributed by atoms with van der Waals surface area (Å²) in [6, 6.07) is 0. The molecule has 0 nitrogen and oxygen atoms in total. The fourth-order valence-corrected chi connectivity index (χ4v) is 24.0. The van der Waals surface area contributed by atoms with Crippen LogP contribution in [0.25, 0.3) is 0 Å². The zero-order valence-corrected chi connectivity index (χ0v) is 22.5. The summed E-state index contributed by atoms with van der Waals surface area (Å²) < 4.78 is 0. The highest BCUT2D eigenvalue weighted by Gasteiger charge is 2.97. The molecule has 18 saturated carbocycles. The van der Waals surface area contributed by atoms with Crippen LogP contribution in [-0.4, -0.2) is 0 Å². The third kappa shape index (κ3) is 1.04. The van der Waals surface area contributed by atoms with Gasteiger partial charge in [0.25, 0.3) is 0 Å².